The van der Waals surface area contributed by atoms with E-state index in [-0.39, 0.29) is 18.6 Å². The number of likely N-dealkylation sites (tertiary alicyclic amines) is 1. The summed E-state index contributed by atoms with van der Waals surface area (Å²) in [6, 6.07) is 2.19. The summed E-state index contributed by atoms with van der Waals surface area (Å²) in [6.07, 6.45) is 3.18. The minimum Gasteiger partial charge on any atom is -0.451 e. The van der Waals surface area contributed by atoms with Gasteiger partial charge in [0.05, 0.1) is 5.69 Å². The molecule has 128 valence electrons. The largest absolute Gasteiger partial charge is 0.451 e. The maximum atomic E-state index is 12.3. The van der Waals surface area contributed by atoms with Crippen LogP contribution >= 0.6 is 22.7 Å². The number of rotatable bonds is 4. The van der Waals surface area contributed by atoms with Crippen molar-refractivity contribution >= 4 is 34.6 Å². The summed E-state index contributed by atoms with van der Waals surface area (Å²) in [4.78, 5) is 31.3. The molecule has 3 rings (SSSR count). The Hall–Kier alpha value is -1.73. The Balaban J connectivity index is 1.62. The molecule has 0 N–H and O–H groups in total. The van der Waals surface area contributed by atoms with E-state index in [2.05, 4.69) is 4.98 Å². The first-order valence-electron chi connectivity index (χ1n) is 8.03. The van der Waals surface area contributed by atoms with Gasteiger partial charge in [0.15, 0.2) is 6.61 Å². The van der Waals surface area contributed by atoms with Crippen LogP contribution in [0.3, 0.4) is 0 Å². The topological polar surface area (TPSA) is 59.5 Å². The SMILES string of the molecule is Cc1nc(-c2ccsc2)sc1C(=O)OCC(=O)N1CCCC[C@H]1C. The summed E-state index contributed by atoms with van der Waals surface area (Å²) >= 11 is 2.90. The number of carbonyl (C=O) groups excluding carboxylic acids is 2. The van der Waals surface area contributed by atoms with Gasteiger partial charge in [-0.1, -0.05) is 0 Å². The number of nitrogens with zero attached hydrogens (tertiary/aromatic N) is 2. The molecule has 1 fully saturated rings. The van der Waals surface area contributed by atoms with Gasteiger partial charge in [-0.25, -0.2) is 9.78 Å². The highest BCUT2D eigenvalue weighted by molar-refractivity contribution is 7.17. The van der Waals surface area contributed by atoms with Crippen molar-refractivity contribution in [2.75, 3.05) is 13.2 Å². The molecule has 24 heavy (non-hydrogen) atoms. The number of esters is 1. The van der Waals surface area contributed by atoms with E-state index in [4.69, 9.17) is 4.74 Å². The van der Waals surface area contributed by atoms with E-state index >= 15 is 0 Å². The number of piperidine rings is 1. The van der Waals surface area contributed by atoms with Crippen LogP contribution in [0.4, 0.5) is 0 Å². The molecule has 0 unspecified atom stereocenters. The number of hydrogen-bond donors (Lipinski definition) is 0. The highest BCUT2D eigenvalue weighted by atomic mass is 32.1. The zero-order chi connectivity index (χ0) is 17.1. The first kappa shape index (κ1) is 17.1. The zero-order valence-corrected chi connectivity index (χ0v) is 15.4. The molecule has 0 aliphatic carbocycles. The molecule has 0 bridgehead atoms. The molecule has 1 amide bonds. The predicted molar refractivity (Wildman–Crippen MR) is 95.5 cm³/mol. The Morgan fingerprint density at radius 1 is 1.42 bits per heavy atom. The van der Waals surface area contributed by atoms with Gasteiger partial charge in [0.25, 0.3) is 5.91 Å². The van der Waals surface area contributed by atoms with Gasteiger partial charge >= 0.3 is 5.97 Å². The predicted octanol–water partition coefficient (Wildman–Crippen LogP) is 3.74. The Labute approximate surface area is 149 Å². The van der Waals surface area contributed by atoms with Crippen molar-refractivity contribution in [3.05, 3.63) is 27.4 Å². The van der Waals surface area contributed by atoms with E-state index in [1.807, 2.05) is 28.7 Å². The van der Waals surface area contributed by atoms with Gasteiger partial charge in [0.2, 0.25) is 0 Å². The van der Waals surface area contributed by atoms with E-state index in [9.17, 15) is 9.59 Å². The smallest absolute Gasteiger partial charge is 0.350 e. The fourth-order valence-electron chi connectivity index (χ4n) is 2.84. The molecule has 1 aliphatic rings. The van der Waals surface area contributed by atoms with Crippen molar-refractivity contribution in [2.24, 2.45) is 0 Å². The number of aromatic nitrogens is 1. The van der Waals surface area contributed by atoms with Crippen LogP contribution in [0.1, 0.15) is 41.6 Å². The Morgan fingerprint density at radius 3 is 2.96 bits per heavy atom. The first-order chi connectivity index (χ1) is 11.6. The zero-order valence-electron chi connectivity index (χ0n) is 13.8. The van der Waals surface area contributed by atoms with Crippen LogP contribution in [0.2, 0.25) is 0 Å². The van der Waals surface area contributed by atoms with Gasteiger partial charge in [-0.05, 0) is 44.6 Å². The summed E-state index contributed by atoms with van der Waals surface area (Å²) < 4.78 is 5.25. The molecule has 1 saturated heterocycles. The number of carbonyl (C=O) groups is 2. The molecular formula is C17H20N2O3S2. The molecule has 0 aromatic carbocycles. The molecule has 1 aliphatic heterocycles. The highest BCUT2D eigenvalue weighted by Gasteiger charge is 2.25. The lowest BCUT2D eigenvalue weighted by Crippen LogP contribution is -2.44. The monoisotopic (exact) mass is 364 g/mol. The van der Waals surface area contributed by atoms with E-state index in [1.165, 1.54) is 11.3 Å². The van der Waals surface area contributed by atoms with E-state index in [0.29, 0.717) is 10.6 Å². The molecule has 2 aromatic rings. The number of ether oxygens (including phenoxy) is 1. The maximum Gasteiger partial charge on any atom is 0.350 e. The maximum absolute atomic E-state index is 12.3. The third-order valence-electron chi connectivity index (χ3n) is 4.20. The van der Waals surface area contributed by atoms with Crippen molar-refractivity contribution in [2.45, 2.75) is 39.2 Å². The van der Waals surface area contributed by atoms with Crippen LogP contribution < -0.4 is 0 Å². The number of amides is 1. The van der Waals surface area contributed by atoms with Gasteiger partial charge in [0, 0.05) is 23.5 Å². The molecular weight excluding hydrogens is 344 g/mol. The van der Waals surface area contributed by atoms with Crippen LogP contribution in [0, 0.1) is 6.92 Å². The van der Waals surface area contributed by atoms with E-state index in [0.717, 1.165) is 36.4 Å². The molecule has 5 nitrogen and oxygen atoms in total. The Bertz CT molecular complexity index is 724. The van der Waals surface area contributed by atoms with Crippen LogP contribution in [0.15, 0.2) is 16.8 Å². The number of aryl methyl sites for hydroxylation is 1. The first-order valence-corrected chi connectivity index (χ1v) is 9.79. The number of thiophene rings is 1. The number of hydrogen-bond acceptors (Lipinski definition) is 6. The fraction of sp³-hybridized carbons (Fsp3) is 0.471. The summed E-state index contributed by atoms with van der Waals surface area (Å²) in [5.41, 5.74) is 1.65. The quantitative estimate of drug-likeness (QED) is 0.776. The third kappa shape index (κ3) is 3.67. The standard InChI is InChI=1S/C17H20N2O3S2/c1-11-5-3-4-7-19(11)14(20)9-22-17(21)15-12(2)18-16(24-15)13-6-8-23-10-13/h6,8,10-11H,3-5,7,9H2,1-2H3/t11-/m1/s1. The summed E-state index contributed by atoms with van der Waals surface area (Å²) in [7, 11) is 0. The molecule has 0 radical (unpaired) electrons. The van der Waals surface area contributed by atoms with Crippen molar-refractivity contribution in [1.29, 1.82) is 0 Å². The fourth-order valence-corrected chi connectivity index (χ4v) is 4.51. The normalized spacial score (nSPS) is 17.8. The molecule has 2 aromatic heterocycles. The highest BCUT2D eigenvalue weighted by Crippen LogP contribution is 2.29. The van der Waals surface area contributed by atoms with Crippen LogP contribution in [0.25, 0.3) is 10.6 Å². The molecule has 1 atom stereocenters. The van der Waals surface area contributed by atoms with Crippen LogP contribution in [0.5, 0.6) is 0 Å². The van der Waals surface area contributed by atoms with Crippen molar-refractivity contribution in [3.8, 4) is 10.6 Å². The Kier molecular flexibility index (Phi) is 5.30. The average Bonchev–Trinajstić information content (AvgIpc) is 3.22. The summed E-state index contributed by atoms with van der Waals surface area (Å²) in [6.45, 7) is 4.38. The summed E-state index contributed by atoms with van der Waals surface area (Å²) in [5, 5.41) is 4.77. The van der Waals surface area contributed by atoms with Gasteiger partial charge in [-0.3, -0.25) is 4.79 Å². The second-order valence-electron chi connectivity index (χ2n) is 5.95. The van der Waals surface area contributed by atoms with Gasteiger partial charge in [-0.2, -0.15) is 11.3 Å². The van der Waals surface area contributed by atoms with Crippen molar-refractivity contribution < 1.29 is 14.3 Å². The summed E-state index contributed by atoms with van der Waals surface area (Å²) in [5.74, 6) is -0.583. The lowest BCUT2D eigenvalue weighted by Gasteiger charge is -2.33. The van der Waals surface area contributed by atoms with Crippen LogP contribution in [-0.2, 0) is 9.53 Å². The molecule has 0 spiro atoms. The van der Waals surface area contributed by atoms with Gasteiger partial charge < -0.3 is 9.64 Å². The van der Waals surface area contributed by atoms with E-state index < -0.39 is 5.97 Å². The second-order valence-corrected chi connectivity index (χ2v) is 7.73. The molecule has 3 heterocycles. The second kappa shape index (κ2) is 7.44. The third-order valence-corrected chi connectivity index (χ3v) is 6.07. The molecule has 7 heteroatoms. The minimum absolute atomic E-state index is 0.115. The lowest BCUT2D eigenvalue weighted by molar-refractivity contribution is -0.137. The Morgan fingerprint density at radius 2 is 2.25 bits per heavy atom. The van der Waals surface area contributed by atoms with Gasteiger partial charge in [0.1, 0.15) is 9.88 Å². The van der Waals surface area contributed by atoms with E-state index in [1.54, 1.807) is 18.3 Å². The number of thiazole rings is 1. The van der Waals surface area contributed by atoms with Crippen molar-refractivity contribution in [1.82, 2.24) is 9.88 Å². The lowest BCUT2D eigenvalue weighted by atomic mass is 10.0. The van der Waals surface area contributed by atoms with Crippen molar-refractivity contribution in [3.63, 3.8) is 0 Å². The molecule has 0 saturated carbocycles. The van der Waals surface area contributed by atoms with Crippen LogP contribution in [-0.4, -0.2) is 41.0 Å². The average molecular weight is 364 g/mol. The minimum atomic E-state index is -0.468. The van der Waals surface area contributed by atoms with Gasteiger partial charge in [-0.15, -0.1) is 11.3 Å².